The smallest absolute Gasteiger partial charge is 0.254 e. The van der Waals surface area contributed by atoms with Crippen molar-refractivity contribution in [2.75, 3.05) is 31.1 Å². The van der Waals surface area contributed by atoms with Crippen LogP contribution in [0.3, 0.4) is 0 Å². The van der Waals surface area contributed by atoms with Crippen LogP contribution in [0.15, 0.2) is 72.8 Å². The molecule has 7 nitrogen and oxygen atoms in total. The minimum Gasteiger partial charge on any atom is -0.354 e. The molecule has 2 aromatic heterocycles. The number of hydrogen-bond donors (Lipinski definition) is 0. The summed E-state index contributed by atoms with van der Waals surface area (Å²) in [5.41, 5.74) is 3.72. The Morgan fingerprint density at radius 2 is 1.63 bits per heavy atom. The van der Waals surface area contributed by atoms with Gasteiger partial charge in [-0.05, 0) is 61.4 Å². The highest BCUT2D eigenvalue weighted by atomic mass is 35.5. The SMILES string of the molecule is Cc1nn(-c2ccc(F)cc2)c2nc(Cc3ccccc3)nc(N3CCCN(C(=O)c4cc(Cl)cc(Cl)c4)CC3)c12. The number of aryl methyl sites for hydroxylation is 1. The molecule has 10 heteroatoms. The molecule has 0 N–H and O–H groups in total. The fourth-order valence-corrected chi connectivity index (χ4v) is 5.77. The zero-order valence-corrected chi connectivity index (χ0v) is 23.9. The molecule has 208 valence electrons. The molecule has 0 radical (unpaired) electrons. The Kier molecular flexibility index (Phi) is 7.60. The lowest BCUT2D eigenvalue weighted by Gasteiger charge is -2.24. The maximum absolute atomic E-state index is 13.7. The monoisotopic (exact) mass is 588 g/mol. The lowest BCUT2D eigenvalue weighted by Crippen LogP contribution is -2.35. The van der Waals surface area contributed by atoms with Crippen LogP contribution in [0, 0.1) is 12.7 Å². The number of halogens is 3. The van der Waals surface area contributed by atoms with Crippen LogP contribution >= 0.6 is 23.2 Å². The van der Waals surface area contributed by atoms with E-state index in [1.807, 2.05) is 42.2 Å². The molecule has 0 spiro atoms. The highest BCUT2D eigenvalue weighted by molar-refractivity contribution is 6.35. The van der Waals surface area contributed by atoms with Crippen LogP contribution < -0.4 is 4.90 Å². The summed E-state index contributed by atoms with van der Waals surface area (Å²) in [4.78, 5) is 27.4. The summed E-state index contributed by atoms with van der Waals surface area (Å²) in [5.74, 6) is 1.03. The second-order valence-electron chi connectivity index (χ2n) is 10.1. The van der Waals surface area contributed by atoms with Crippen LogP contribution in [-0.4, -0.2) is 56.7 Å². The van der Waals surface area contributed by atoms with Gasteiger partial charge < -0.3 is 9.80 Å². The Labute approximate surface area is 247 Å². The molecule has 41 heavy (non-hydrogen) atoms. The van der Waals surface area contributed by atoms with Gasteiger partial charge in [-0.1, -0.05) is 53.5 Å². The number of amides is 1. The molecule has 0 saturated carbocycles. The molecule has 0 bridgehead atoms. The Bertz CT molecular complexity index is 1700. The summed E-state index contributed by atoms with van der Waals surface area (Å²) in [6.45, 7) is 4.32. The predicted octanol–water partition coefficient (Wildman–Crippen LogP) is 6.51. The largest absolute Gasteiger partial charge is 0.354 e. The number of carbonyl (C=O) groups is 1. The fourth-order valence-electron chi connectivity index (χ4n) is 5.25. The number of carbonyl (C=O) groups excluding carboxylic acids is 1. The summed E-state index contributed by atoms with van der Waals surface area (Å²) >= 11 is 12.3. The number of rotatable bonds is 5. The summed E-state index contributed by atoms with van der Waals surface area (Å²) in [6, 6.07) is 21.2. The van der Waals surface area contributed by atoms with Crippen molar-refractivity contribution in [2.45, 2.75) is 19.8 Å². The molecule has 3 aromatic carbocycles. The molecule has 0 aliphatic carbocycles. The summed E-state index contributed by atoms with van der Waals surface area (Å²) < 4.78 is 15.5. The van der Waals surface area contributed by atoms with Gasteiger partial charge in [0, 0.05) is 48.2 Å². The zero-order valence-electron chi connectivity index (χ0n) is 22.4. The number of benzene rings is 3. The number of aromatic nitrogens is 4. The average Bonchev–Trinajstić information content (AvgIpc) is 3.12. The Morgan fingerprint density at radius 1 is 0.902 bits per heavy atom. The lowest BCUT2D eigenvalue weighted by atomic mass is 10.1. The van der Waals surface area contributed by atoms with Gasteiger partial charge in [0.2, 0.25) is 0 Å². The van der Waals surface area contributed by atoms with Gasteiger partial charge in [-0.25, -0.2) is 19.0 Å². The van der Waals surface area contributed by atoms with Crippen LogP contribution in [0.5, 0.6) is 0 Å². The summed E-state index contributed by atoms with van der Waals surface area (Å²) in [6.07, 6.45) is 1.30. The first kappa shape index (κ1) is 27.2. The van der Waals surface area contributed by atoms with Crippen LogP contribution in [0.4, 0.5) is 10.2 Å². The molecule has 1 amide bonds. The van der Waals surface area contributed by atoms with E-state index in [1.54, 1.807) is 35.0 Å². The second-order valence-corrected chi connectivity index (χ2v) is 11.0. The minimum atomic E-state index is -0.314. The Morgan fingerprint density at radius 3 is 2.37 bits per heavy atom. The van der Waals surface area contributed by atoms with E-state index in [9.17, 15) is 9.18 Å². The van der Waals surface area contributed by atoms with Gasteiger partial charge in [0.15, 0.2) is 5.65 Å². The molecular formula is C31H27Cl2FN6O. The first-order valence-electron chi connectivity index (χ1n) is 13.4. The van der Waals surface area contributed by atoms with Crippen molar-refractivity contribution in [1.82, 2.24) is 24.6 Å². The van der Waals surface area contributed by atoms with Gasteiger partial charge in [-0.3, -0.25) is 4.79 Å². The molecule has 3 heterocycles. The van der Waals surface area contributed by atoms with Crippen LogP contribution in [0.2, 0.25) is 10.0 Å². The normalized spacial score (nSPS) is 14.0. The van der Waals surface area contributed by atoms with Crippen molar-refractivity contribution >= 4 is 46.0 Å². The lowest BCUT2D eigenvalue weighted by molar-refractivity contribution is 0.0767. The van der Waals surface area contributed by atoms with E-state index in [2.05, 4.69) is 4.90 Å². The van der Waals surface area contributed by atoms with Crippen molar-refractivity contribution in [3.8, 4) is 5.69 Å². The second kappa shape index (κ2) is 11.5. The third-order valence-electron chi connectivity index (χ3n) is 7.20. The van der Waals surface area contributed by atoms with Crippen LogP contribution in [0.25, 0.3) is 16.7 Å². The molecule has 1 saturated heterocycles. The predicted molar refractivity (Wildman–Crippen MR) is 160 cm³/mol. The van der Waals surface area contributed by atoms with E-state index in [-0.39, 0.29) is 11.7 Å². The number of anilines is 1. The van der Waals surface area contributed by atoms with E-state index in [4.69, 9.17) is 38.3 Å². The van der Waals surface area contributed by atoms with Gasteiger partial charge in [0.1, 0.15) is 17.5 Å². The zero-order chi connectivity index (χ0) is 28.5. The van der Waals surface area contributed by atoms with Crippen molar-refractivity contribution in [3.05, 3.63) is 111 Å². The van der Waals surface area contributed by atoms with Gasteiger partial charge in [-0.2, -0.15) is 5.10 Å². The third kappa shape index (κ3) is 5.76. The first-order chi connectivity index (χ1) is 19.9. The van der Waals surface area contributed by atoms with E-state index in [0.717, 1.165) is 28.9 Å². The summed E-state index contributed by atoms with van der Waals surface area (Å²) in [7, 11) is 0. The topological polar surface area (TPSA) is 67.2 Å². The highest BCUT2D eigenvalue weighted by Crippen LogP contribution is 2.31. The van der Waals surface area contributed by atoms with Gasteiger partial charge in [-0.15, -0.1) is 0 Å². The molecular weight excluding hydrogens is 562 g/mol. The molecule has 1 fully saturated rings. The minimum absolute atomic E-state index is 0.103. The molecule has 0 unspecified atom stereocenters. The Hall–Kier alpha value is -4.01. The van der Waals surface area contributed by atoms with Gasteiger partial charge >= 0.3 is 0 Å². The number of nitrogens with zero attached hydrogens (tertiary/aromatic N) is 6. The van der Waals surface area contributed by atoms with Crippen LogP contribution in [-0.2, 0) is 6.42 Å². The average molecular weight is 590 g/mol. The van der Waals surface area contributed by atoms with Crippen LogP contribution in [0.1, 0.15) is 33.9 Å². The van der Waals surface area contributed by atoms with Gasteiger partial charge in [0.25, 0.3) is 5.91 Å². The molecule has 1 aliphatic rings. The molecule has 6 rings (SSSR count). The maximum atomic E-state index is 13.7. The van der Waals surface area contributed by atoms with Gasteiger partial charge in [0.05, 0.1) is 16.8 Å². The standard InChI is InChI=1S/C31H27Cl2FN6O/c1-20-28-29(38-12-5-13-39(15-14-38)31(41)22-17-23(32)19-24(33)18-22)35-27(16-21-6-3-2-4-7-21)36-30(28)40(37-20)26-10-8-25(34)9-11-26/h2-4,6-11,17-19H,5,12-16H2,1H3. The third-order valence-corrected chi connectivity index (χ3v) is 7.63. The Balaban J connectivity index is 1.37. The van der Waals surface area contributed by atoms with Crippen molar-refractivity contribution < 1.29 is 9.18 Å². The molecule has 0 atom stereocenters. The van der Waals surface area contributed by atoms with E-state index < -0.39 is 0 Å². The van der Waals surface area contributed by atoms with E-state index >= 15 is 0 Å². The van der Waals surface area contributed by atoms with Crippen molar-refractivity contribution in [1.29, 1.82) is 0 Å². The number of fused-ring (bicyclic) bond motifs is 1. The number of hydrogen-bond acceptors (Lipinski definition) is 5. The van der Waals surface area contributed by atoms with Crippen molar-refractivity contribution in [2.24, 2.45) is 0 Å². The van der Waals surface area contributed by atoms with Crippen molar-refractivity contribution in [3.63, 3.8) is 0 Å². The van der Waals surface area contributed by atoms with E-state index in [1.165, 1.54) is 12.1 Å². The fraction of sp³-hybridized carbons (Fsp3) is 0.226. The quantitative estimate of drug-likeness (QED) is 0.234. The maximum Gasteiger partial charge on any atom is 0.254 e. The highest BCUT2D eigenvalue weighted by Gasteiger charge is 2.26. The summed E-state index contributed by atoms with van der Waals surface area (Å²) in [5, 5.41) is 6.49. The molecule has 1 aliphatic heterocycles. The first-order valence-corrected chi connectivity index (χ1v) is 14.2. The van der Waals surface area contributed by atoms with E-state index in [0.29, 0.717) is 65.4 Å². The molecule has 5 aromatic rings.